The number of nitrogens with one attached hydrogen (secondary N) is 2. The molecular weight excluding hydrogens is 408 g/mol. The van der Waals surface area contributed by atoms with Crippen LogP contribution in [-0.2, 0) is 26.0 Å². The van der Waals surface area contributed by atoms with Gasteiger partial charge in [-0.15, -0.1) is 0 Å². The topological polar surface area (TPSA) is 129 Å². The molecule has 2 N–H and O–H groups in total. The Balaban J connectivity index is 1.61. The lowest BCUT2D eigenvalue weighted by atomic mass is 10.2. The molecule has 10 heteroatoms. The quantitative estimate of drug-likeness (QED) is 0.674. The van der Waals surface area contributed by atoms with Crippen LogP contribution >= 0.6 is 0 Å². The highest BCUT2D eigenvalue weighted by molar-refractivity contribution is 7.89. The highest BCUT2D eigenvalue weighted by Crippen LogP contribution is 2.20. The lowest BCUT2D eigenvalue weighted by molar-refractivity contribution is -0.122. The Morgan fingerprint density at radius 2 is 2.00 bits per heavy atom. The lowest BCUT2D eigenvalue weighted by Crippen LogP contribution is -2.49. The maximum atomic E-state index is 12.7. The van der Waals surface area contributed by atoms with Crippen LogP contribution in [0.1, 0.15) is 5.56 Å². The zero-order chi connectivity index (χ0) is 21.6. The second-order valence-corrected chi connectivity index (χ2v) is 8.47. The fourth-order valence-electron chi connectivity index (χ4n) is 2.84. The SMILES string of the molecule is N#CCc1ccc(OCC(=O)Nc2cccc(S(=O)(=O)N3CCNC(=O)C3)c2)cc1. The summed E-state index contributed by atoms with van der Waals surface area (Å²) < 4.78 is 32.0. The number of nitriles is 1. The molecule has 2 aromatic carbocycles. The monoisotopic (exact) mass is 428 g/mol. The first-order chi connectivity index (χ1) is 14.4. The number of piperazine rings is 1. The summed E-state index contributed by atoms with van der Waals surface area (Å²) in [6.45, 7) is -0.0598. The van der Waals surface area contributed by atoms with Crippen molar-refractivity contribution < 1.29 is 22.7 Å². The third-order valence-electron chi connectivity index (χ3n) is 4.34. The zero-order valence-corrected chi connectivity index (χ0v) is 16.8. The molecule has 0 unspecified atom stereocenters. The van der Waals surface area contributed by atoms with Gasteiger partial charge in [0.1, 0.15) is 5.75 Å². The second kappa shape index (κ2) is 9.39. The van der Waals surface area contributed by atoms with Crippen LogP contribution in [-0.4, -0.2) is 50.8 Å². The Morgan fingerprint density at radius 3 is 2.70 bits per heavy atom. The molecule has 0 aliphatic carbocycles. The maximum absolute atomic E-state index is 12.7. The van der Waals surface area contributed by atoms with E-state index in [0.717, 1.165) is 9.87 Å². The Morgan fingerprint density at radius 1 is 1.23 bits per heavy atom. The summed E-state index contributed by atoms with van der Waals surface area (Å²) in [4.78, 5) is 23.7. The van der Waals surface area contributed by atoms with E-state index in [2.05, 4.69) is 10.6 Å². The molecule has 1 aliphatic rings. The summed E-state index contributed by atoms with van der Waals surface area (Å²) in [5, 5.41) is 13.8. The van der Waals surface area contributed by atoms with Gasteiger partial charge in [-0.05, 0) is 35.9 Å². The van der Waals surface area contributed by atoms with Gasteiger partial charge in [0.05, 0.1) is 23.9 Å². The first kappa shape index (κ1) is 21.3. The number of nitrogens with zero attached hydrogens (tertiary/aromatic N) is 2. The van der Waals surface area contributed by atoms with E-state index in [1.165, 1.54) is 18.2 Å². The van der Waals surface area contributed by atoms with Crippen molar-refractivity contribution in [2.24, 2.45) is 0 Å². The van der Waals surface area contributed by atoms with E-state index >= 15 is 0 Å². The predicted molar refractivity (Wildman–Crippen MR) is 108 cm³/mol. The maximum Gasteiger partial charge on any atom is 0.262 e. The molecule has 2 aromatic rings. The van der Waals surface area contributed by atoms with Gasteiger partial charge in [-0.3, -0.25) is 9.59 Å². The van der Waals surface area contributed by atoms with Crippen LogP contribution in [0.5, 0.6) is 5.75 Å². The van der Waals surface area contributed by atoms with Crippen molar-refractivity contribution in [3.8, 4) is 11.8 Å². The minimum atomic E-state index is -3.85. The van der Waals surface area contributed by atoms with E-state index < -0.39 is 15.9 Å². The van der Waals surface area contributed by atoms with Crippen molar-refractivity contribution in [2.45, 2.75) is 11.3 Å². The van der Waals surface area contributed by atoms with E-state index in [9.17, 15) is 18.0 Å². The largest absolute Gasteiger partial charge is 0.484 e. The fraction of sp³-hybridized carbons (Fsp3) is 0.250. The van der Waals surface area contributed by atoms with Gasteiger partial charge in [-0.25, -0.2) is 8.42 Å². The molecule has 0 radical (unpaired) electrons. The summed E-state index contributed by atoms with van der Waals surface area (Å²) >= 11 is 0. The van der Waals surface area contributed by atoms with Crippen molar-refractivity contribution in [3.05, 3.63) is 54.1 Å². The average Bonchev–Trinajstić information content (AvgIpc) is 2.74. The third-order valence-corrected chi connectivity index (χ3v) is 6.18. The second-order valence-electron chi connectivity index (χ2n) is 6.53. The van der Waals surface area contributed by atoms with E-state index in [1.807, 2.05) is 6.07 Å². The van der Waals surface area contributed by atoms with Crippen LogP contribution in [0.4, 0.5) is 5.69 Å². The summed E-state index contributed by atoms with van der Waals surface area (Å²) in [7, 11) is -3.85. The van der Waals surface area contributed by atoms with Crippen LogP contribution in [0.2, 0.25) is 0 Å². The number of ether oxygens (including phenoxy) is 1. The molecule has 156 valence electrons. The van der Waals surface area contributed by atoms with Gasteiger partial charge in [0.15, 0.2) is 6.61 Å². The van der Waals surface area contributed by atoms with Gasteiger partial charge in [0, 0.05) is 18.8 Å². The number of rotatable bonds is 7. The van der Waals surface area contributed by atoms with E-state index in [-0.39, 0.29) is 37.0 Å². The summed E-state index contributed by atoms with van der Waals surface area (Å²) in [5.74, 6) is -0.332. The first-order valence-corrected chi connectivity index (χ1v) is 10.6. The molecule has 1 fully saturated rings. The molecule has 0 atom stereocenters. The highest BCUT2D eigenvalue weighted by atomic mass is 32.2. The molecule has 0 spiro atoms. The van der Waals surface area contributed by atoms with Crippen molar-refractivity contribution in [1.29, 1.82) is 5.26 Å². The summed E-state index contributed by atoms with van der Waals surface area (Å²) in [5.41, 5.74) is 1.15. The molecule has 1 aliphatic heterocycles. The van der Waals surface area contributed by atoms with Gasteiger partial charge >= 0.3 is 0 Å². The molecule has 0 aromatic heterocycles. The molecule has 0 saturated carbocycles. The molecule has 9 nitrogen and oxygen atoms in total. The number of anilines is 1. The molecule has 1 heterocycles. The Bertz CT molecular complexity index is 1080. The lowest BCUT2D eigenvalue weighted by Gasteiger charge is -2.26. The summed E-state index contributed by atoms with van der Waals surface area (Å²) in [6, 6.07) is 14.7. The van der Waals surface area contributed by atoms with Crippen LogP contribution in [0, 0.1) is 11.3 Å². The average molecular weight is 428 g/mol. The number of carbonyl (C=O) groups is 2. The fourth-order valence-corrected chi connectivity index (χ4v) is 4.29. The van der Waals surface area contributed by atoms with E-state index in [1.54, 1.807) is 30.3 Å². The molecule has 0 bridgehead atoms. The van der Waals surface area contributed by atoms with E-state index in [0.29, 0.717) is 17.9 Å². The molecule has 2 amide bonds. The first-order valence-electron chi connectivity index (χ1n) is 9.14. The molecule has 3 rings (SSSR count). The van der Waals surface area contributed by atoms with Gasteiger partial charge in [-0.2, -0.15) is 9.57 Å². The van der Waals surface area contributed by atoms with Crippen molar-refractivity contribution in [2.75, 3.05) is 31.6 Å². The van der Waals surface area contributed by atoms with Crippen LogP contribution in [0.25, 0.3) is 0 Å². The van der Waals surface area contributed by atoms with Crippen molar-refractivity contribution in [1.82, 2.24) is 9.62 Å². The van der Waals surface area contributed by atoms with Gasteiger partial charge in [0.25, 0.3) is 5.91 Å². The van der Waals surface area contributed by atoms with Crippen molar-refractivity contribution >= 4 is 27.5 Å². The van der Waals surface area contributed by atoms with Crippen LogP contribution in [0.3, 0.4) is 0 Å². The number of benzene rings is 2. The minimum absolute atomic E-state index is 0.0102. The number of hydrogen-bond acceptors (Lipinski definition) is 6. The number of amides is 2. The van der Waals surface area contributed by atoms with Gasteiger partial charge < -0.3 is 15.4 Å². The van der Waals surface area contributed by atoms with Crippen LogP contribution in [0.15, 0.2) is 53.4 Å². The Kier molecular flexibility index (Phi) is 6.66. The zero-order valence-electron chi connectivity index (χ0n) is 16.0. The Labute approximate surface area is 174 Å². The standard InChI is InChI=1S/C20H20N4O5S/c21-9-8-15-4-6-17(7-5-15)29-14-20(26)23-16-2-1-3-18(12-16)30(27,28)24-11-10-22-19(25)13-24/h1-7,12H,8,10-11,13-14H2,(H,22,25)(H,23,26). The number of hydrogen-bond donors (Lipinski definition) is 2. The van der Waals surface area contributed by atoms with Crippen molar-refractivity contribution in [3.63, 3.8) is 0 Å². The van der Waals surface area contributed by atoms with Gasteiger partial charge in [-0.1, -0.05) is 18.2 Å². The van der Waals surface area contributed by atoms with Crippen LogP contribution < -0.4 is 15.4 Å². The van der Waals surface area contributed by atoms with Gasteiger partial charge in [0.2, 0.25) is 15.9 Å². The van der Waals surface area contributed by atoms with E-state index in [4.69, 9.17) is 10.00 Å². The normalized spacial score (nSPS) is 14.4. The summed E-state index contributed by atoms with van der Waals surface area (Å²) in [6.07, 6.45) is 0.294. The molecule has 1 saturated heterocycles. The number of sulfonamides is 1. The Hall–Kier alpha value is -3.42. The highest BCUT2D eigenvalue weighted by Gasteiger charge is 2.29. The third kappa shape index (κ3) is 5.34. The predicted octanol–water partition coefficient (Wildman–Crippen LogP) is 0.891. The molecular formula is C20H20N4O5S. The minimum Gasteiger partial charge on any atom is -0.484 e. The number of carbonyl (C=O) groups excluding carboxylic acids is 2. The molecule has 30 heavy (non-hydrogen) atoms. The smallest absolute Gasteiger partial charge is 0.262 e.